The molecule has 0 saturated carbocycles. The minimum Gasteiger partial charge on any atom is -0.497 e. The van der Waals surface area contributed by atoms with E-state index in [1.165, 1.54) is 0 Å². The fraction of sp³-hybridized carbons (Fsp3) is 0.125. The number of carbonyl (C=O) groups excluding carboxylic acids is 2. The minimum absolute atomic E-state index is 0.0596. The number of carbonyl (C=O) groups is 2. The lowest BCUT2D eigenvalue weighted by Gasteiger charge is -2.07. The summed E-state index contributed by atoms with van der Waals surface area (Å²) in [5.74, 6) is 0.257. The van der Waals surface area contributed by atoms with Crippen molar-refractivity contribution >= 4 is 17.4 Å². The number of anilines is 1. The van der Waals surface area contributed by atoms with Crippen LogP contribution in [0.4, 0.5) is 5.69 Å². The first kappa shape index (κ1) is 14.7. The van der Waals surface area contributed by atoms with Gasteiger partial charge in [0, 0.05) is 16.8 Å². The smallest absolute Gasteiger partial charge is 0.255 e. The van der Waals surface area contributed by atoms with Crippen LogP contribution in [0.25, 0.3) is 0 Å². The highest BCUT2D eigenvalue weighted by molar-refractivity contribution is 6.05. The molecule has 0 aromatic heterocycles. The number of rotatable bonds is 5. The lowest BCUT2D eigenvalue weighted by molar-refractivity contribution is 0.0997. The number of nitrogens with one attached hydrogen (secondary N) is 1. The maximum absolute atomic E-state index is 12.1. The van der Waals surface area contributed by atoms with Crippen molar-refractivity contribution in [1.29, 1.82) is 0 Å². The molecule has 0 heterocycles. The standard InChI is InChI=1S/C16H16N2O3/c1-21-14-7-5-11(6-8-14)16(20)18-13-4-2-3-12(9-13)15(19)10-17/h2-9H,10,17H2,1H3,(H,18,20). The zero-order valence-electron chi connectivity index (χ0n) is 11.6. The van der Waals surface area contributed by atoms with Crippen molar-refractivity contribution in [2.45, 2.75) is 0 Å². The Morgan fingerprint density at radius 2 is 1.81 bits per heavy atom. The van der Waals surface area contributed by atoms with Crippen molar-refractivity contribution in [2.24, 2.45) is 5.73 Å². The minimum atomic E-state index is -0.255. The van der Waals surface area contributed by atoms with Crippen LogP contribution in [-0.4, -0.2) is 25.3 Å². The summed E-state index contributed by atoms with van der Waals surface area (Å²) in [5.41, 5.74) is 6.86. The normalized spacial score (nSPS) is 10.0. The maximum atomic E-state index is 12.1. The Bertz CT molecular complexity index is 651. The zero-order valence-corrected chi connectivity index (χ0v) is 11.6. The van der Waals surface area contributed by atoms with Crippen molar-refractivity contribution in [1.82, 2.24) is 0 Å². The quantitative estimate of drug-likeness (QED) is 0.824. The molecule has 0 aliphatic heterocycles. The summed E-state index contributed by atoms with van der Waals surface area (Å²) < 4.78 is 5.04. The Balaban J connectivity index is 2.13. The van der Waals surface area contributed by atoms with E-state index in [1.807, 2.05) is 0 Å². The molecule has 2 rings (SSSR count). The number of ether oxygens (including phenoxy) is 1. The average Bonchev–Trinajstić information content (AvgIpc) is 2.54. The molecular weight excluding hydrogens is 268 g/mol. The van der Waals surface area contributed by atoms with Crippen LogP contribution in [0.1, 0.15) is 20.7 Å². The van der Waals surface area contributed by atoms with Gasteiger partial charge in [0.15, 0.2) is 5.78 Å². The second-order valence-electron chi connectivity index (χ2n) is 4.39. The number of hydrogen-bond acceptors (Lipinski definition) is 4. The van der Waals surface area contributed by atoms with Crippen LogP contribution >= 0.6 is 0 Å². The van der Waals surface area contributed by atoms with E-state index in [0.717, 1.165) is 0 Å². The predicted molar refractivity (Wildman–Crippen MR) is 80.8 cm³/mol. The topological polar surface area (TPSA) is 81.4 Å². The van der Waals surface area contributed by atoms with Gasteiger partial charge in [0.25, 0.3) is 5.91 Å². The zero-order chi connectivity index (χ0) is 15.2. The third-order valence-corrected chi connectivity index (χ3v) is 2.98. The summed E-state index contributed by atoms with van der Waals surface area (Å²) in [5, 5.41) is 2.74. The fourth-order valence-corrected chi connectivity index (χ4v) is 1.83. The van der Waals surface area contributed by atoms with Gasteiger partial charge in [-0.3, -0.25) is 9.59 Å². The lowest BCUT2D eigenvalue weighted by atomic mass is 10.1. The third kappa shape index (κ3) is 3.67. The van der Waals surface area contributed by atoms with Gasteiger partial charge >= 0.3 is 0 Å². The number of hydrogen-bond donors (Lipinski definition) is 2. The monoisotopic (exact) mass is 284 g/mol. The highest BCUT2D eigenvalue weighted by atomic mass is 16.5. The fourth-order valence-electron chi connectivity index (χ4n) is 1.83. The molecule has 0 aliphatic rings. The molecule has 0 bridgehead atoms. The Hall–Kier alpha value is -2.66. The van der Waals surface area contributed by atoms with Crippen molar-refractivity contribution in [3.8, 4) is 5.75 Å². The van der Waals surface area contributed by atoms with Gasteiger partial charge in [0.05, 0.1) is 13.7 Å². The van der Waals surface area contributed by atoms with Gasteiger partial charge in [-0.25, -0.2) is 0 Å². The van der Waals surface area contributed by atoms with Crippen molar-refractivity contribution in [3.63, 3.8) is 0 Å². The largest absolute Gasteiger partial charge is 0.497 e. The highest BCUT2D eigenvalue weighted by Gasteiger charge is 2.08. The van der Waals surface area contributed by atoms with Gasteiger partial charge in [-0.2, -0.15) is 0 Å². The summed E-state index contributed by atoms with van der Waals surface area (Å²) in [6, 6.07) is 13.5. The Morgan fingerprint density at radius 3 is 2.43 bits per heavy atom. The van der Waals surface area contributed by atoms with E-state index in [1.54, 1.807) is 55.6 Å². The van der Waals surface area contributed by atoms with E-state index < -0.39 is 0 Å². The third-order valence-electron chi connectivity index (χ3n) is 2.98. The number of Topliss-reactive ketones (excluding diaryl/α,β-unsaturated/α-hetero) is 1. The van der Waals surface area contributed by atoms with E-state index >= 15 is 0 Å². The molecule has 0 spiro atoms. The van der Waals surface area contributed by atoms with Crippen LogP contribution in [0.3, 0.4) is 0 Å². The summed E-state index contributed by atoms with van der Waals surface area (Å²) in [6.07, 6.45) is 0. The molecule has 0 aliphatic carbocycles. The number of nitrogens with two attached hydrogens (primary N) is 1. The van der Waals surface area contributed by atoms with Gasteiger partial charge in [0.1, 0.15) is 5.75 Å². The van der Waals surface area contributed by atoms with Crippen LogP contribution in [0.2, 0.25) is 0 Å². The lowest BCUT2D eigenvalue weighted by Crippen LogP contribution is -2.15. The molecule has 0 saturated heterocycles. The molecule has 1 amide bonds. The molecule has 0 unspecified atom stereocenters. The molecule has 0 atom stereocenters. The number of methoxy groups -OCH3 is 1. The van der Waals surface area contributed by atoms with E-state index in [0.29, 0.717) is 22.6 Å². The molecule has 0 fully saturated rings. The van der Waals surface area contributed by atoms with Crippen molar-refractivity contribution < 1.29 is 14.3 Å². The second-order valence-corrected chi connectivity index (χ2v) is 4.39. The summed E-state index contributed by atoms with van der Waals surface area (Å²) in [6.45, 7) is -0.0596. The summed E-state index contributed by atoms with van der Waals surface area (Å²) in [7, 11) is 1.56. The van der Waals surface area contributed by atoms with E-state index in [4.69, 9.17) is 10.5 Å². The van der Waals surface area contributed by atoms with Crippen molar-refractivity contribution in [2.75, 3.05) is 19.0 Å². The number of amides is 1. The summed E-state index contributed by atoms with van der Waals surface area (Å²) in [4.78, 5) is 23.6. The van der Waals surface area contributed by atoms with Crippen LogP contribution in [0, 0.1) is 0 Å². The van der Waals surface area contributed by atoms with Gasteiger partial charge < -0.3 is 15.8 Å². The first-order valence-corrected chi connectivity index (χ1v) is 6.43. The van der Waals surface area contributed by atoms with Crippen LogP contribution in [0.15, 0.2) is 48.5 Å². The van der Waals surface area contributed by atoms with E-state index in [9.17, 15) is 9.59 Å². The second kappa shape index (κ2) is 6.67. The average molecular weight is 284 g/mol. The molecule has 21 heavy (non-hydrogen) atoms. The van der Waals surface area contributed by atoms with Gasteiger partial charge in [-0.1, -0.05) is 12.1 Å². The summed E-state index contributed by atoms with van der Waals surface area (Å²) >= 11 is 0. The Kier molecular flexibility index (Phi) is 4.68. The van der Waals surface area contributed by atoms with E-state index in [2.05, 4.69) is 5.32 Å². The van der Waals surface area contributed by atoms with Crippen molar-refractivity contribution in [3.05, 3.63) is 59.7 Å². The molecular formula is C16H16N2O3. The van der Waals surface area contributed by atoms with Gasteiger partial charge in [-0.05, 0) is 36.4 Å². The van der Waals surface area contributed by atoms with Crippen LogP contribution in [0.5, 0.6) is 5.75 Å². The molecule has 5 nitrogen and oxygen atoms in total. The maximum Gasteiger partial charge on any atom is 0.255 e. The predicted octanol–water partition coefficient (Wildman–Crippen LogP) is 2.09. The molecule has 5 heteroatoms. The van der Waals surface area contributed by atoms with Gasteiger partial charge in [0.2, 0.25) is 0 Å². The molecule has 108 valence electrons. The Morgan fingerprint density at radius 1 is 1.10 bits per heavy atom. The first-order chi connectivity index (χ1) is 10.1. The van der Waals surface area contributed by atoms with Gasteiger partial charge in [-0.15, -0.1) is 0 Å². The first-order valence-electron chi connectivity index (χ1n) is 6.43. The Labute approximate surface area is 122 Å². The number of ketones is 1. The molecule has 2 aromatic rings. The molecule has 3 N–H and O–H groups in total. The van der Waals surface area contributed by atoms with E-state index in [-0.39, 0.29) is 18.2 Å². The number of benzene rings is 2. The SMILES string of the molecule is COc1ccc(C(=O)Nc2cccc(C(=O)CN)c2)cc1. The van der Waals surface area contributed by atoms with Crippen LogP contribution in [-0.2, 0) is 0 Å². The van der Waals surface area contributed by atoms with Crippen LogP contribution < -0.4 is 15.8 Å². The molecule has 0 radical (unpaired) electrons. The molecule has 2 aromatic carbocycles. The highest BCUT2D eigenvalue weighted by Crippen LogP contribution is 2.15.